The molecule has 1 saturated carbocycles. The van der Waals surface area contributed by atoms with Crippen LogP contribution in [0.3, 0.4) is 0 Å². The van der Waals surface area contributed by atoms with Crippen LogP contribution in [0, 0.1) is 5.41 Å². The fourth-order valence-electron chi connectivity index (χ4n) is 3.42. The van der Waals surface area contributed by atoms with Gasteiger partial charge in [0.15, 0.2) is 21.3 Å². The number of sulfone groups is 1. The van der Waals surface area contributed by atoms with Crippen molar-refractivity contribution in [1.29, 1.82) is 0 Å². The van der Waals surface area contributed by atoms with Gasteiger partial charge in [-0.25, -0.2) is 8.42 Å². The Kier molecular flexibility index (Phi) is 4.02. The quantitative estimate of drug-likeness (QED) is 0.766. The zero-order valence-corrected chi connectivity index (χ0v) is 14.6. The zero-order valence-electron chi connectivity index (χ0n) is 12.9. The molecule has 0 spiro atoms. The van der Waals surface area contributed by atoms with Crippen molar-refractivity contribution in [2.75, 3.05) is 26.3 Å². The lowest BCUT2D eigenvalue weighted by molar-refractivity contribution is 0.121. The van der Waals surface area contributed by atoms with Crippen LogP contribution in [0.25, 0.3) is 0 Å². The summed E-state index contributed by atoms with van der Waals surface area (Å²) in [6.45, 7) is 2.67. The molecule has 1 aromatic carbocycles. The summed E-state index contributed by atoms with van der Waals surface area (Å²) >= 11 is 5.21. The average Bonchev–Trinajstić information content (AvgIpc) is 2.97. The van der Waals surface area contributed by atoms with Gasteiger partial charge in [0.1, 0.15) is 0 Å². The van der Waals surface area contributed by atoms with E-state index in [1.165, 1.54) is 6.26 Å². The molecule has 0 amide bonds. The summed E-state index contributed by atoms with van der Waals surface area (Å²) in [5.74, 6) is 0.919. The molecule has 1 aromatic rings. The first kappa shape index (κ1) is 16.5. The van der Waals surface area contributed by atoms with Crippen LogP contribution in [0.4, 0.5) is 0 Å². The summed E-state index contributed by atoms with van der Waals surface area (Å²) in [6, 6.07) is 5.42. The Bertz CT molecular complexity index is 748. The maximum atomic E-state index is 12.3. The van der Waals surface area contributed by atoms with Crippen LogP contribution in [0.1, 0.15) is 18.4 Å². The van der Waals surface area contributed by atoms with Crippen LogP contribution in [-0.4, -0.2) is 44.9 Å². The Morgan fingerprint density at radius 1 is 1.43 bits per heavy atom. The van der Waals surface area contributed by atoms with E-state index in [-0.39, 0.29) is 24.3 Å². The Balaban J connectivity index is 2.03. The van der Waals surface area contributed by atoms with E-state index in [2.05, 4.69) is 0 Å². The molecule has 1 aliphatic carbocycles. The van der Waals surface area contributed by atoms with E-state index in [1.54, 1.807) is 12.1 Å². The van der Waals surface area contributed by atoms with Gasteiger partial charge in [0.2, 0.25) is 6.79 Å². The summed E-state index contributed by atoms with van der Waals surface area (Å²) in [5, 5.41) is -0.681. The average molecular weight is 357 g/mol. The second-order valence-corrected chi connectivity index (χ2v) is 8.49. The van der Waals surface area contributed by atoms with Gasteiger partial charge in [0.05, 0.1) is 22.3 Å². The Labute approximate surface area is 140 Å². The van der Waals surface area contributed by atoms with Crippen molar-refractivity contribution >= 4 is 27.0 Å². The molecule has 1 fully saturated rings. The summed E-state index contributed by atoms with van der Waals surface area (Å²) in [5.41, 5.74) is 5.88. The molecule has 0 unspecified atom stereocenters. The SMILES string of the molecule is CCOC[C@@]1(C(N)=S)[C@@H](c2ccc3c(c2)OCO3)[C@@H]1S(C)(=O)=O. The molecule has 126 valence electrons. The summed E-state index contributed by atoms with van der Waals surface area (Å²) in [4.78, 5) is 0.170. The number of fused-ring (bicyclic) bond motifs is 1. The van der Waals surface area contributed by atoms with E-state index < -0.39 is 20.5 Å². The fourth-order valence-corrected chi connectivity index (χ4v) is 5.73. The van der Waals surface area contributed by atoms with Gasteiger partial charge >= 0.3 is 0 Å². The molecule has 8 heteroatoms. The van der Waals surface area contributed by atoms with Crippen molar-refractivity contribution in [3.63, 3.8) is 0 Å². The second kappa shape index (κ2) is 5.61. The van der Waals surface area contributed by atoms with Crippen LogP contribution in [0.5, 0.6) is 11.5 Å². The van der Waals surface area contributed by atoms with Crippen molar-refractivity contribution in [3.05, 3.63) is 23.8 Å². The molecule has 0 bridgehead atoms. The lowest BCUT2D eigenvalue weighted by Crippen LogP contribution is -2.33. The lowest BCUT2D eigenvalue weighted by atomic mass is 9.99. The number of thiocarbonyl (C=S) groups is 1. The monoisotopic (exact) mass is 357 g/mol. The van der Waals surface area contributed by atoms with Crippen molar-refractivity contribution in [3.8, 4) is 11.5 Å². The van der Waals surface area contributed by atoms with E-state index in [9.17, 15) is 8.42 Å². The third-order valence-corrected chi connectivity index (χ3v) is 6.47. The highest BCUT2D eigenvalue weighted by Gasteiger charge is 2.72. The molecule has 1 heterocycles. The molecule has 2 aliphatic rings. The maximum Gasteiger partial charge on any atom is 0.231 e. The van der Waals surface area contributed by atoms with Crippen LogP contribution in [-0.2, 0) is 14.6 Å². The van der Waals surface area contributed by atoms with Gasteiger partial charge < -0.3 is 19.9 Å². The zero-order chi connectivity index (χ0) is 16.8. The number of nitrogens with two attached hydrogens (primary N) is 1. The van der Waals surface area contributed by atoms with Gasteiger partial charge in [-0.15, -0.1) is 0 Å². The van der Waals surface area contributed by atoms with Gasteiger partial charge in [-0.2, -0.15) is 0 Å². The number of rotatable bonds is 6. The van der Waals surface area contributed by atoms with Crippen LogP contribution in [0.2, 0.25) is 0 Å². The van der Waals surface area contributed by atoms with Crippen molar-refractivity contribution < 1.29 is 22.6 Å². The first-order valence-electron chi connectivity index (χ1n) is 7.28. The van der Waals surface area contributed by atoms with Gasteiger partial charge in [-0.3, -0.25) is 0 Å². The molecular weight excluding hydrogens is 338 g/mol. The molecule has 0 radical (unpaired) electrons. The standard InChI is InChI=1S/C15H19NO5S2/c1-3-19-7-15(14(16)22)12(13(15)23(2,17)18)9-4-5-10-11(6-9)21-8-20-10/h4-6,12-13H,3,7-8H2,1-2H3,(H2,16,22)/t12-,13-,15+/m0/s1. The highest BCUT2D eigenvalue weighted by atomic mass is 32.2. The van der Waals surface area contributed by atoms with Crippen molar-refractivity contribution in [1.82, 2.24) is 0 Å². The van der Waals surface area contributed by atoms with Crippen molar-refractivity contribution in [2.24, 2.45) is 11.1 Å². The third-order valence-electron chi connectivity index (χ3n) is 4.48. The van der Waals surface area contributed by atoms with Gasteiger partial charge in [0.25, 0.3) is 0 Å². The van der Waals surface area contributed by atoms with Crippen LogP contribution < -0.4 is 15.2 Å². The first-order valence-corrected chi connectivity index (χ1v) is 9.64. The van der Waals surface area contributed by atoms with E-state index in [4.69, 9.17) is 32.2 Å². The molecule has 6 nitrogen and oxygen atoms in total. The Morgan fingerprint density at radius 2 is 2.13 bits per heavy atom. The van der Waals surface area contributed by atoms with Gasteiger partial charge in [-0.1, -0.05) is 18.3 Å². The number of ether oxygens (including phenoxy) is 3. The summed E-state index contributed by atoms with van der Waals surface area (Å²) in [6.07, 6.45) is 1.21. The fraction of sp³-hybridized carbons (Fsp3) is 0.533. The molecule has 3 rings (SSSR count). The first-order chi connectivity index (χ1) is 10.8. The van der Waals surface area contributed by atoms with Crippen LogP contribution >= 0.6 is 12.2 Å². The summed E-state index contributed by atoms with van der Waals surface area (Å²) < 4.78 is 40.7. The minimum Gasteiger partial charge on any atom is -0.454 e. The van der Waals surface area contributed by atoms with Crippen molar-refractivity contribution in [2.45, 2.75) is 18.1 Å². The largest absolute Gasteiger partial charge is 0.454 e. The topological polar surface area (TPSA) is 87.8 Å². The molecule has 23 heavy (non-hydrogen) atoms. The van der Waals surface area contributed by atoms with E-state index in [1.807, 2.05) is 13.0 Å². The highest BCUT2D eigenvalue weighted by molar-refractivity contribution is 7.92. The molecule has 1 aliphatic heterocycles. The molecule has 2 N–H and O–H groups in total. The number of hydrogen-bond donors (Lipinski definition) is 1. The minimum atomic E-state index is -3.34. The maximum absolute atomic E-state index is 12.3. The second-order valence-electron chi connectivity index (χ2n) is 5.88. The van der Waals surface area contributed by atoms with E-state index >= 15 is 0 Å². The van der Waals surface area contributed by atoms with E-state index in [0.29, 0.717) is 18.1 Å². The smallest absolute Gasteiger partial charge is 0.231 e. The van der Waals surface area contributed by atoms with Crippen LogP contribution in [0.15, 0.2) is 18.2 Å². The predicted octanol–water partition coefficient (Wildman–Crippen LogP) is 1.23. The summed E-state index contributed by atoms with van der Waals surface area (Å²) in [7, 11) is -3.34. The van der Waals surface area contributed by atoms with Gasteiger partial charge in [-0.05, 0) is 24.6 Å². The number of hydrogen-bond acceptors (Lipinski definition) is 6. The molecule has 3 atom stereocenters. The normalized spacial score (nSPS) is 28.6. The molecular formula is C15H19NO5S2. The Morgan fingerprint density at radius 3 is 2.74 bits per heavy atom. The Hall–Kier alpha value is -1.38. The predicted molar refractivity (Wildman–Crippen MR) is 89.6 cm³/mol. The van der Waals surface area contributed by atoms with Gasteiger partial charge in [0, 0.05) is 18.8 Å². The lowest BCUT2D eigenvalue weighted by Gasteiger charge is -2.16. The van der Waals surface area contributed by atoms with E-state index in [0.717, 1.165) is 5.56 Å². The molecule has 0 aromatic heterocycles. The third kappa shape index (κ3) is 2.58. The minimum absolute atomic E-state index is 0.165. The molecule has 0 saturated heterocycles. The highest BCUT2D eigenvalue weighted by Crippen LogP contribution is 2.63. The number of benzene rings is 1.